The van der Waals surface area contributed by atoms with Crippen molar-refractivity contribution >= 4 is 6.09 Å². The maximum atomic E-state index is 12.2. The minimum atomic E-state index is -0.420. The van der Waals surface area contributed by atoms with Gasteiger partial charge in [-0.25, -0.2) is 4.79 Å². The van der Waals surface area contributed by atoms with Gasteiger partial charge in [-0.3, -0.25) is 0 Å². The summed E-state index contributed by atoms with van der Waals surface area (Å²) in [4.78, 5) is 16.4. The molecule has 0 spiro atoms. The number of piperidine rings is 1. The number of rotatable bonds is 3. The van der Waals surface area contributed by atoms with Crippen LogP contribution in [0.4, 0.5) is 4.79 Å². The topological polar surface area (TPSA) is 44.8 Å². The highest BCUT2D eigenvalue weighted by atomic mass is 16.6. The molecule has 1 heterocycles. The van der Waals surface area contributed by atoms with Crippen LogP contribution in [0.1, 0.15) is 59.3 Å². The lowest BCUT2D eigenvalue weighted by Gasteiger charge is -2.38. The van der Waals surface area contributed by atoms with E-state index in [0.29, 0.717) is 18.1 Å². The summed E-state index contributed by atoms with van der Waals surface area (Å²) < 4.78 is 5.48. The number of carbonyl (C=O) groups excluding carboxylic acids is 1. The fraction of sp³-hybridized carbons (Fsp3) is 0.944. The molecule has 5 heteroatoms. The Morgan fingerprint density at radius 1 is 1.13 bits per heavy atom. The van der Waals surface area contributed by atoms with Crippen LogP contribution in [0.15, 0.2) is 0 Å². The smallest absolute Gasteiger partial charge is 0.410 e. The summed E-state index contributed by atoms with van der Waals surface area (Å²) >= 11 is 0. The van der Waals surface area contributed by atoms with Crippen molar-refractivity contribution in [1.82, 2.24) is 15.1 Å². The zero-order chi connectivity index (χ0) is 17.0. The van der Waals surface area contributed by atoms with Crippen LogP contribution in [0.2, 0.25) is 0 Å². The van der Waals surface area contributed by atoms with Crippen molar-refractivity contribution in [2.45, 2.75) is 83.0 Å². The normalized spacial score (nSPS) is 30.0. The molecule has 0 aromatic heterocycles. The van der Waals surface area contributed by atoms with E-state index in [0.717, 1.165) is 32.2 Å². The Morgan fingerprint density at radius 2 is 1.78 bits per heavy atom. The van der Waals surface area contributed by atoms with Crippen molar-refractivity contribution in [2.24, 2.45) is 0 Å². The van der Waals surface area contributed by atoms with Crippen LogP contribution in [-0.4, -0.2) is 66.8 Å². The molecular weight excluding hydrogens is 290 g/mol. The van der Waals surface area contributed by atoms with E-state index >= 15 is 0 Å². The number of likely N-dealkylation sites (N-methyl/N-ethyl adjacent to an activating group) is 1. The van der Waals surface area contributed by atoms with Crippen molar-refractivity contribution < 1.29 is 9.53 Å². The number of carbonyl (C=O) groups is 1. The molecule has 1 saturated carbocycles. The highest BCUT2D eigenvalue weighted by Crippen LogP contribution is 2.25. The van der Waals surface area contributed by atoms with Gasteiger partial charge in [0.25, 0.3) is 0 Å². The molecule has 1 aliphatic heterocycles. The van der Waals surface area contributed by atoms with Gasteiger partial charge in [0.15, 0.2) is 0 Å². The first kappa shape index (κ1) is 18.5. The van der Waals surface area contributed by atoms with Crippen molar-refractivity contribution in [3.63, 3.8) is 0 Å². The number of nitrogens with zero attached hydrogens (tertiary/aromatic N) is 2. The molecule has 23 heavy (non-hydrogen) atoms. The second-order valence-electron chi connectivity index (χ2n) is 8.36. The van der Waals surface area contributed by atoms with E-state index in [2.05, 4.69) is 17.3 Å². The minimum absolute atomic E-state index is 0.192. The number of amides is 1. The Balaban J connectivity index is 1.73. The molecule has 134 valence electrons. The lowest BCUT2D eigenvalue weighted by molar-refractivity contribution is 0.0176. The third kappa shape index (κ3) is 5.96. The first-order valence-corrected chi connectivity index (χ1v) is 9.15. The van der Waals surface area contributed by atoms with Crippen molar-refractivity contribution in [3.8, 4) is 0 Å². The second-order valence-corrected chi connectivity index (χ2v) is 8.36. The van der Waals surface area contributed by atoms with Crippen LogP contribution in [-0.2, 0) is 4.74 Å². The molecule has 5 nitrogen and oxygen atoms in total. The lowest BCUT2D eigenvalue weighted by atomic mass is 9.89. The fourth-order valence-corrected chi connectivity index (χ4v) is 3.75. The molecule has 1 atom stereocenters. The molecule has 1 saturated heterocycles. The average Bonchev–Trinajstić information content (AvgIpc) is 2.45. The molecule has 2 fully saturated rings. The van der Waals surface area contributed by atoms with Crippen LogP contribution in [0.5, 0.6) is 0 Å². The summed E-state index contributed by atoms with van der Waals surface area (Å²) in [6.45, 7) is 8.14. The lowest BCUT2D eigenvalue weighted by Crippen LogP contribution is -2.50. The van der Waals surface area contributed by atoms with Gasteiger partial charge in [0.05, 0.1) is 0 Å². The molecule has 0 aromatic rings. The predicted molar refractivity (Wildman–Crippen MR) is 93.7 cm³/mol. The SMILES string of the molecule is CN1CCCC(NC2CCC(N(C)C(=O)OC(C)(C)C)CC2)C1. The molecule has 1 aliphatic carbocycles. The van der Waals surface area contributed by atoms with Crippen LogP contribution < -0.4 is 5.32 Å². The first-order chi connectivity index (χ1) is 10.7. The van der Waals surface area contributed by atoms with Crippen LogP contribution in [0.25, 0.3) is 0 Å². The summed E-state index contributed by atoms with van der Waals surface area (Å²) in [6, 6.07) is 1.56. The van der Waals surface area contributed by atoms with Gasteiger partial charge in [0.1, 0.15) is 5.60 Å². The summed E-state index contributed by atoms with van der Waals surface area (Å²) in [7, 11) is 4.09. The maximum Gasteiger partial charge on any atom is 0.410 e. The molecular formula is C18H35N3O2. The third-order valence-corrected chi connectivity index (χ3v) is 5.02. The number of likely N-dealkylation sites (tertiary alicyclic amines) is 1. The monoisotopic (exact) mass is 325 g/mol. The average molecular weight is 325 g/mol. The van der Waals surface area contributed by atoms with Crippen LogP contribution >= 0.6 is 0 Å². The van der Waals surface area contributed by atoms with E-state index < -0.39 is 5.60 Å². The van der Waals surface area contributed by atoms with Crippen LogP contribution in [0.3, 0.4) is 0 Å². The van der Waals surface area contributed by atoms with Gasteiger partial charge in [-0.05, 0) is 72.9 Å². The Labute approximate surface area is 141 Å². The number of hydrogen-bond donors (Lipinski definition) is 1. The van der Waals surface area contributed by atoms with E-state index in [1.54, 1.807) is 4.90 Å². The number of ether oxygens (including phenoxy) is 1. The van der Waals surface area contributed by atoms with Gasteiger partial charge in [0, 0.05) is 31.7 Å². The van der Waals surface area contributed by atoms with Gasteiger partial charge >= 0.3 is 6.09 Å². The van der Waals surface area contributed by atoms with Crippen molar-refractivity contribution in [2.75, 3.05) is 27.2 Å². The van der Waals surface area contributed by atoms with Crippen molar-refractivity contribution in [1.29, 1.82) is 0 Å². The van der Waals surface area contributed by atoms with Gasteiger partial charge in [-0.15, -0.1) is 0 Å². The molecule has 2 aliphatic rings. The Morgan fingerprint density at radius 3 is 2.35 bits per heavy atom. The molecule has 1 N–H and O–H groups in total. The summed E-state index contributed by atoms with van der Waals surface area (Å²) in [5.41, 5.74) is -0.420. The quantitative estimate of drug-likeness (QED) is 0.866. The highest BCUT2D eigenvalue weighted by molar-refractivity contribution is 5.68. The van der Waals surface area contributed by atoms with E-state index in [9.17, 15) is 4.79 Å². The zero-order valence-corrected chi connectivity index (χ0v) is 15.6. The van der Waals surface area contributed by atoms with Crippen LogP contribution in [0, 0.1) is 0 Å². The van der Waals surface area contributed by atoms with E-state index in [1.165, 1.54) is 19.4 Å². The second kappa shape index (κ2) is 7.84. The molecule has 1 amide bonds. The molecule has 0 radical (unpaired) electrons. The largest absolute Gasteiger partial charge is 0.444 e. The molecule has 0 aromatic carbocycles. The summed E-state index contributed by atoms with van der Waals surface area (Å²) in [5, 5.41) is 3.84. The van der Waals surface area contributed by atoms with Gasteiger partial charge in [0.2, 0.25) is 0 Å². The Kier molecular flexibility index (Phi) is 6.32. The van der Waals surface area contributed by atoms with E-state index in [1.807, 2.05) is 27.8 Å². The Hall–Kier alpha value is -0.810. The Bertz CT molecular complexity index is 386. The standard InChI is InChI=1S/C18H35N3O2/c1-18(2,3)23-17(22)21(5)16-10-8-14(9-11-16)19-15-7-6-12-20(4)13-15/h14-16,19H,6-13H2,1-5H3. The third-order valence-electron chi connectivity index (χ3n) is 5.02. The van der Waals surface area contributed by atoms with Crippen molar-refractivity contribution in [3.05, 3.63) is 0 Å². The van der Waals surface area contributed by atoms with Gasteiger partial charge in [-0.1, -0.05) is 0 Å². The highest BCUT2D eigenvalue weighted by Gasteiger charge is 2.30. The molecule has 2 rings (SSSR count). The fourth-order valence-electron chi connectivity index (χ4n) is 3.75. The maximum absolute atomic E-state index is 12.2. The molecule has 1 unspecified atom stereocenters. The summed E-state index contributed by atoms with van der Waals surface area (Å²) in [5.74, 6) is 0. The first-order valence-electron chi connectivity index (χ1n) is 9.15. The van der Waals surface area contributed by atoms with Gasteiger partial charge < -0.3 is 19.9 Å². The number of nitrogens with one attached hydrogen (secondary N) is 1. The van der Waals surface area contributed by atoms with E-state index in [-0.39, 0.29) is 6.09 Å². The van der Waals surface area contributed by atoms with E-state index in [4.69, 9.17) is 4.74 Å². The zero-order valence-electron chi connectivity index (χ0n) is 15.6. The predicted octanol–water partition coefficient (Wildman–Crippen LogP) is 2.85. The number of hydrogen-bond acceptors (Lipinski definition) is 4. The molecule has 0 bridgehead atoms. The van der Waals surface area contributed by atoms with Gasteiger partial charge in [-0.2, -0.15) is 0 Å². The minimum Gasteiger partial charge on any atom is -0.444 e. The summed E-state index contributed by atoms with van der Waals surface area (Å²) in [6.07, 6.45) is 6.83.